The van der Waals surface area contributed by atoms with Crippen molar-refractivity contribution < 1.29 is 4.74 Å². The number of hydrogen-bond acceptors (Lipinski definition) is 6. The number of nitrogens with one attached hydrogen (secondary N) is 2. The molecule has 2 atom stereocenters. The van der Waals surface area contributed by atoms with E-state index in [4.69, 9.17) is 9.72 Å². The van der Waals surface area contributed by atoms with E-state index in [0.717, 1.165) is 61.1 Å². The molecule has 2 N–H and O–H groups in total. The summed E-state index contributed by atoms with van der Waals surface area (Å²) in [5, 5.41) is 10.6. The number of fused-ring (bicyclic) bond motifs is 1. The zero-order valence-electron chi connectivity index (χ0n) is 14.8. The van der Waals surface area contributed by atoms with Crippen LogP contribution >= 0.6 is 0 Å². The molecule has 3 heterocycles. The highest BCUT2D eigenvalue weighted by Gasteiger charge is 2.37. The van der Waals surface area contributed by atoms with Crippen LogP contribution in [0.15, 0.2) is 30.5 Å². The summed E-state index contributed by atoms with van der Waals surface area (Å²) in [4.78, 5) is 11.8. The number of aromatic amines is 1. The van der Waals surface area contributed by atoms with Gasteiger partial charge in [0.25, 0.3) is 0 Å². The smallest absolute Gasteiger partial charge is 0.160 e. The number of H-pyrrole nitrogens is 1. The standard InChI is InChI=1S/C19H22N6O/c1-12-10-15(12)18-22-16-11-20-24-17(16)19(23-18)21-13-2-4-14(5-3-13)25-6-8-26-9-7-25/h2-5,11-12,15H,6-10H2,1H3,(H,20,24)(H,21,22,23). The van der Waals surface area contributed by atoms with Gasteiger partial charge in [-0.15, -0.1) is 0 Å². The number of nitrogens with zero attached hydrogens (tertiary/aromatic N) is 4. The highest BCUT2D eigenvalue weighted by Crippen LogP contribution is 2.46. The van der Waals surface area contributed by atoms with Crippen molar-refractivity contribution >= 4 is 28.2 Å². The van der Waals surface area contributed by atoms with Gasteiger partial charge in [0.2, 0.25) is 0 Å². The lowest BCUT2D eigenvalue weighted by Gasteiger charge is -2.28. The fourth-order valence-corrected chi connectivity index (χ4v) is 3.51. The molecule has 2 aliphatic rings. The van der Waals surface area contributed by atoms with Gasteiger partial charge in [-0.25, -0.2) is 9.97 Å². The molecule has 2 aromatic heterocycles. The second kappa shape index (κ2) is 6.25. The summed E-state index contributed by atoms with van der Waals surface area (Å²) >= 11 is 0. The Morgan fingerprint density at radius 1 is 1.15 bits per heavy atom. The number of benzene rings is 1. The van der Waals surface area contributed by atoms with Gasteiger partial charge in [-0.05, 0) is 36.6 Å². The second-order valence-corrected chi connectivity index (χ2v) is 7.15. The minimum absolute atomic E-state index is 0.471. The molecule has 2 fully saturated rings. The van der Waals surface area contributed by atoms with Crippen LogP contribution < -0.4 is 10.2 Å². The van der Waals surface area contributed by atoms with Crippen molar-refractivity contribution in [3.05, 3.63) is 36.3 Å². The number of hydrogen-bond donors (Lipinski definition) is 2. The van der Waals surface area contributed by atoms with E-state index in [-0.39, 0.29) is 0 Å². The normalized spacial score (nSPS) is 22.6. The van der Waals surface area contributed by atoms with Gasteiger partial charge in [-0.3, -0.25) is 5.10 Å². The number of ether oxygens (including phenoxy) is 1. The first-order chi connectivity index (χ1) is 12.8. The minimum Gasteiger partial charge on any atom is -0.378 e. The van der Waals surface area contributed by atoms with E-state index in [2.05, 4.69) is 56.6 Å². The van der Waals surface area contributed by atoms with Gasteiger partial charge in [-0.1, -0.05) is 6.92 Å². The quantitative estimate of drug-likeness (QED) is 0.753. The lowest BCUT2D eigenvalue weighted by atomic mass is 10.2. The Hall–Kier alpha value is -2.67. The van der Waals surface area contributed by atoms with E-state index >= 15 is 0 Å². The van der Waals surface area contributed by atoms with E-state index in [1.54, 1.807) is 6.20 Å². The van der Waals surface area contributed by atoms with Crippen molar-refractivity contribution in [2.75, 3.05) is 36.5 Å². The third kappa shape index (κ3) is 2.88. The van der Waals surface area contributed by atoms with Crippen LogP contribution in [-0.2, 0) is 4.74 Å². The maximum Gasteiger partial charge on any atom is 0.160 e. The molecule has 3 aromatic rings. The summed E-state index contributed by atoms with van der Waals surface area (Å²) < 4.78 is 5.42. The third-order valence-corrected chi connectivity index (χ3v) is 5.26. The lowest BCUT2D eigenvalue weighted by molar-refractivity contribution is 0.122. The summed E-state index contributed by atoms with van der Waals surface area (Å²) in [5.41, 5.74) is 3.94. The fraction of sp³-hybridized carbons (Fsp3) is 0.421. The van der Waals surface area contributed by atoms with E-state index < -0.39 is 0 Å². The van der Waals surface area contributed by atoms with Gasteiger partial charge in [0.1, 0.15) is 16.9 Å². The fourth-order valence-electron chi connectivity index (χ4n) is 3.51. The first kappa shape index (κ1) is 15.6. The van der Waals surface area contributed by atoms with Crippen LogP contribution in [0.3, 0.4) is 0 Å². The zero-order valence-corrected chi connectivity index (χ0v) is 14.8. The molecule has 1 aliphatic carbocycles. The van der Waals surface area contributed by atoms with Crippen LogP contribution in [0.25, 0.3) is 11.0 Å². The predicted molar refractivity (Wildman–Crippen MR) is 101 cm³/mol. The monoisotopic (exact) mass is 350 g/mol. The Kier molecular flexibility index (Phi) is 3.74. The molecule has 0 radical (unpaired) electrons. The van der Waals surface area contributed by atoms with E-state index in [0.29, 0.717) is 11.8 Å². The Bertz CT molecular complexity index is 915. The highest BCUT2D eigenvalue weighted by atomic mass is 16.5. The maximum atomic E-state index is 5.42. The van der Waals surface area contributed by atoms with E-state index in [9.17, 15) is 0 Å². The lowest BCUT2D eigenvalue weighted by Crippen LogP contribution is -2.36. The zero-order chi connectivity index (χ0) is 17.5. The minimum atomic E-state index is 0.471. The molecule has 1 saturated carbocycles. The van der Waals surface area contributed by atoms with Crippen molar-refractivity contribution in [2.45, 2.75) is 19.3 Å². The Morgan fingerprint density at radius 2 is 1.92 bits per heavy atom. The van der Waals surface area contributed by atoms with Crippen molar-refractivity contribution in [1.29, 1.82) is 0 Å². The number of anilines is 3. The first-order valence-electron chi connectivity index (χ1n) is 9.19. The van der Waals surface area contributed by atoms with Gasteiger partial charge >= 0.3 is 0 Å². The van der Waals surface area contributed by atoms with Gasteiger partial charge in [0, 0.05) is 30.4 Å². The summed E-state index contributed by atoms with van der Waals surface area (Å²) in [6.07, 6.45) is 2.93. The van der Waals surface area contributed by atoms with Crippen molar-refractivity contribution in [3.63, 3.8) is 0 Å². The topological polar surface area (TPSA) is 79.0 Å². The Labute approximate surface area is 151 Å². The van der Waals surface area contributed by atoms with Gasteiger partial charge in [0.15, 0.2) is 5.82 Å². The molecule has 7 nitrogen and oxygen atoms in total. The van der Waals surface area contributed by atoms with Crippen molar-refractivity contribution in [3.8, 4) is 0 Å². The molecule has 1 saturated heterocycles. The summed E-state index contributed by atoms with van der Waals surface area (Å²) in [6.45, 7) is 5.71. The van der Waals surface area contributed by atoms with Crippen LogP contribution in [0.4, 0.5) is 17.2 Å². The van der Waals surface area contributed by atoms with Gasteiger partial charge in [-0.2, -0.15) is 5.10 Å². The maximum absolute atomic E-state index is 5.42. The number of aromatic nitrogens is 4. The molecule has 1 aliphatic heterocycles. The van der Waals surface area contributed by atoms with Crippen LogP contribution in [0, 0.1) is 5.92 Å². The van der Waals surface area contributed by atoms with E-state index in [1.165, 1.54) is 5.69 Å². The molecule has 0 amide bonds. The van der Waals surface area contributed by atoms with Crippen molar-refractivity contribution in [1.82, 2.24) is 20.2 Å². The average Bonchev–Trinajstić information content (AvgIpc) is 3.22. The predicted octanol–water partition coefficient (Wildman–Crippen LogP) is 3.06. The van der Waals surface area contributed by atoms with Crippen LogP contribution in [0.1, 0.15) is 25.1 Å². The summed E-state index contributed by atoms with van der Waals surface area (Å²) in [7, 11) is 0. The summed E-state index contributed by atoms with van der Waals surface area (Å²) in [6, 6.07) is 8.47. The highest BCUT2D eigenvalue weighted by molar-refractivity contribution is 5.86. The Morgan fingerprint density at radius 3 is 2.65 bits per heavy atom. The molecule has 1 aromatic carbocycles. The molecular formula is C19H22N6O. The molecule has 26 heavy (non-hydrogen) atoms. The molecule has 2 unspecified atom stereocenters. The molecule has 0 bridgehead atoms. The average molecular weight is 350 g/mol. The third-order valence-electron chi connectivity index (χ3n) is 5.26. The molecule has 134 valence electrons. The second-order valence-electron chi connectivity index (χ2n) is 7.15. The van der Waals surface area contributed by atoms with E-state index in [1.807, 2.05) is 0 Å². The number of morpholine rings is 1. The SMILES string of the molecule is CC1CC1c1nc(Nc2ccc(N3CCOCC3)cc2)c2[nH]ncc2n1. The Balaban J connectivity index is 1.41. The first-order valence-corrected chi connectivity index (χ1v) is 9.19. The van der Waals surface area contributed by atoms with Crippen LogP contribution in [0.2, 0.25) is 0 Å². The molecule has 0 spiro atoms. The van der Waals surface area contributed by atoms with Crippen LogP contribution in [0.5, 0.6) is 0 Å². The van der Waals surface area contributed by atoms with Gasteiger partial charge in [0.05, 0.1) is 19.4 Å². The number of rotatable bonds is 4. The molecule has 5 rings (SSSR count). The van der Waals surface area contributed by atoms with Crippen LogP contribution in [-0.4, -0.2) is 46.5 Å². The molecule has 7 heteroatoms. The largest absolute Gasteiger partial charge is 0.378 e. The van der Waals surface area contributed by atoms with Gasteiger partial charge < -0.3 is 15.0 Å². The van der Waals surface area contributed by atoms with Crippen molar-refractivity contribution in [2.24, 2.45) is 5.92 Å². The summed E-state index contributed by atoms with van der Waals surface area (Å²) in [5.74, 6) is 2.85. The molecular weight excluding hydrogens is 328 g/mol.